The van der Waals surface area contributed by atoms with E-state index in [0.717, 1.165) is 71.0 Å². The van der Waals surface area contributed by atoms with E-state index in [2.05, 4.69) is 64.4 Å². The summed E-state index contributed by atoms with van der Waals surface area (Å²) in [5, 5.41) is 3.57. The van der Waals surface area contributed by atoms with Gasteiger partial charge in [0.15, 0.2) is 5.96 Å². The summed E-state index contributed by atoms with van der Waals surface area (Å²) in [5.41, 5.74) is 1.36. The molecule has 168 valence electrons. The Bertz CT molecular complexity index is 625. The molecule has 1 N–H and O–H groups in total. The molecule has 0 amide bonds. The van der Waals surface area contributed by atoms with Crippen molar-refractivity contribution < 1.29 is 9.47 Å². The Morgan fingerprint density at radius 1 is 1.27 bits per heavy atom. The predicted molar refractivity (Wildman–Crippen MR) is 123 cm³/mol. The minimum Gasteiger partial charge on any atom is -0.376 e. The fourth-order valence-electron chi connectivity index (χ4n) is 4.23. The maximum atomic E-state index is 6.10. The van der Waals surface area contributed by atoms with Gasteiger partial charge in [-0.2, -0.15) is 0 Å². The molecule has 0 aromatic heterocycles. The van der Waals surface area contributed by atoms with Gasteiger partial charge < -0.3 is 19.7 Å². The van der Waals surface area contributed by atoms with Crippen LogP contribution < -0.4 is 5.32 Å². The third kappa shape index (κ3) is 7.25. The molecule has 1 aromatic rings. The smallest absolute Gasteiger partial charge is 0.193 e. The lowest BCUT2D eigenvalue weighted by Gasteiger charge is -2.34. The lowest BCUT2D eigenvalue weighted by atomic mass is 10.1. The molecule has 2 fully saturated rings. The standard InChI is InChI=1S/C24H40N4O2/c1-20(27(3)18-21-8-5-4-6-9-21)11-14-26-24(25-2)28-15-12-22(13-16-28)30-19-23-10-7-17-29-23/h4-6,8-9,20,22-23H,7,10-19H2,1-3H3,(H,25,26). The molecule has 2 atom stereocenters. The molecule has 0 bridgehead atoms. The van der Waals surface area contributed by atoms with E-state index in [0.29, 0.717) is 18.2 Å². The Morgan fingerprint density at radius 3 is 2.70 bits per heavy atom. The topological polar surface area (TPSA) is 49.3 Å². The first-order valence-corrected chi connectivity index (χ1v) is 11.6. The van der Waals surface area contributed by atoms with Crippen molar-refractivity contribution >= 4 is 5.96 Å². The molecule has 30 heavy (non-hydrogen) atoms. The average Bonchev–Trinajstić information content (AvgIpc) is 3.30. The molecular formula is C24H40N4O2. The molecular weight excluding hydrogens is 376 g/mol. The normalized spacial score (nSPS) is 21.9. The van der Waals surface area contributed by atoms with E-state index in [4.69, 9.17) is 9.47 Å². The van der Waals surface area contributed by atoms with Gasteiger partial charge >= 0.3 is 0 Å². The highest BCUT2D eigenvalue weighted by Crippen LogP contribution is 2.18. The van der Waals surface area contributed by atoms with Gasteiger partial charge in [-0.25, -0.2) is 0 Å². The molecule has 0 spiro atoms. The second-order valence-electron chi connectivity index (χ2n) is 8.67. The summed E-state index contributed by atoms with van der Waals surface area (Å²) in [7, 11) is 4.08. The monoisotopic (exact) mass is 416 g/mol. The van der Waals surface area contributed by atoms with Crippen molar-refractivity contribution in [1.29, 1.82) is 0 Å². The molecule has 0 aliphatic carbocycles. The van der Waals surface area contributed by atoms with Crippen LogP contribution in [0.3, 0.4) is 0 Å². The number of aliphatic imine (C=N–C) groups is 1. The number of hydrogen-bond donors (Lipinski definition) is 1. The van der Waals surface area contributed by atoms with Crippen LogP contribution in [0.4, 0.5) is 0 Å². The Morgan fingerprint density at radius 2 is 2.03 bits per heavy atom. The molecule has 3 rings (SSSR count). The van der Waals surface area contributed by atoms with Crippen molar-refractivity contribution in [2.45, 2.75) is 63.8 Å². The summed E-state index contributed by atoms with van der Waals surface area (Å²) in [6.07, 6.45) is 6.20. The van der Waals surface area contributed by atoms with Gasteiger partial charge in [-0.05, 0) is 51.6 Å². The third-order valence-corrected chi connectivity index (χ3v) is 6.37. The van der Waals surface area contributed by atoms with Gasteiger partial charge in [0.1, 0.15) is 0 Å². The van der Waals surface area contributed by atoms with Crippen molar-refractivity contribution in [3.63, 3.8) is 0 Å². The Balaban J connectivity index is 1.32. The second-order valence-corrected chi connectivity index (χ2v) is 8.67. The molecule has 2 unspecified atom stereocenters. The minimum absolute atomic E-state index is 0.319. The molecule has 2 saturated heterocycles. The summed E-state index contributed by atoms with van der Waals surface area (Å²) in [6, 6.07) is 11.2. The van der Waals surface area contributed by atoms with Crippen LogP contribution in [0.5, 0.6) is 0 Å². The maximum Gasteiger partial charge on any atom is 0.193 e. The van der Waals surface area contributed by atoms with Crippen molar-refractivity contribution in [2.75, 3.05) is 46.9 Å². The van der Waals surface area contributed by atoms with Crippen molar-refractivity contribution in [3.8, 4) is 0 Å². The van der Waals surface area contributed by atoms with Crippen LogP contribution in [0, 0.1) is 0 Å². The van der Waals surface area contributed by atoms with Gasteiger partial charge in [0.25, 0.3) is 0 Å². The highest BCUT2D eigenvalue weighted by molar-refractivity contribution is 5.79. The van der Waals surface area contributed by atoms with Gasteiger partial charge in [0.05, 0.1) is 18.8 Å². The molecule has 6 heteroatoms. The molecule has 2 aliphatic rings. The van der Waals surface area contributed by atoms with Crippen molar-refractivity contribution in [2.24, 2.45) is 4.99 Å². The van der Waals surface area contributed by atoms with E-state index in [1.54, 1.807) is 0 Å². The second kappa shape index (κ2) is 12.3. The van der Waals surface area contributed by atoms with Crippen LogP contribution in [0.25, 0.3) is 0 Å². The number of nitrogens with zero attached hydrogens (tertiary/aromatic N) is 3. The van der Waals surface area contributed by atoms with Crippen LogP contribution >= 0.6 is 0 Å². The molecule has 6 nitrogen and oxygen atoms in total. The zero-order valence-corrected chi connectivity index (χ0v) is 19.1. The van der Waals surface area contributed by atoms with E-state index in [-0.39, 0.29) is 0 Å². The van der Waals surface area contributed by atoms with Gasteiger partial charge in [0, 0.05) is 45.9 Å². The zero-order valence-electron chi connectivity index (χ0n) is 19.1. The van der Waals surface area contributed by atoms with Crippen molar-refractivity contribution in [3.05, 3.63) is 35.9 Å². The van der Waals surface area contributed by atoms with Crippen molar-refractivity contribution in [1.82, 2.24) is 15.1 Å². The lowest BCUT2D eigenvalue weighted by Crippen LogP contribution is -2.48. The Labute approximate surface area is 182 Å². The van der Waals surface area contributed by atoms with E-state index >= 15 is 0 Å². The number of ether oxygens (including phenoxy) is 2. The number of piperidine rings is 1. The minimum atomic E-state index is 0.319. The highest BCUT2D eigenvalue weighted by atomic mass is 16.5. The maximum absolute atomic E-state index is 6.10. The van der Waals surface area contributed by atoms with Gasteiger partial charge in [-0.15, -0.1) is 0 Å². The van der Waals surface area contributed by atoms with Gasteiger partial charge in [-0.1, -0.05) is 30.3 Å². The number of likely N-dealkylation sites (tertiary alicyclic amines) is 1. The number of benzene rings is 1. The summed E-state index contributed by atoms with van der Waals surface area (Å²) in [6.45, 7) is 7.86. The first kappa shape index (κ1) is 23.0. The van der Waals surface area contributed by atoms with Crippen LogP contribution in [-0.2, 0) is 16.0 Å². The fraction of sp³-hybridized carbons (Fsp3) is 0.708. The number of nitrogens with one attached hydrogen (secondary N) is 1. The summed E-state index contributed by atoms with van der Waals surface area (Å²) in [5.74, 6) is 1.02. The molecule has 2 aliphatic heterocycles. The SMILES string of the molecule is CN=C(NCCC(C)N(C)Cc1ccccc1)N1CCC(OCC2CCCO2)CC1. The van der Waals surface area contributed by atoms with E-state index < -0.39 is 0 Å². The van der Waals surface area contributed by atoms with E-state index in [9.17, 15) is 0 Å². The quantitative estimate of drug-likeness (QED) is 0.495. The molecule has 0 radical (unpaired) electrons. The Kier molecular flexibility index (Phi) is 9.43. The molecule has 1 aromatic carbocycles. The van der Waals surface area contributed by atoms with Gasteiger partial charge in [0.2, 0.25) is 0 Å². The lowest BCUT2D eigenvalue weighted by molar-refractivity contribution is -0.0367. The zero-order chi connectivity index (χ0) is 21.2. The summed E-state index contributed by atoms with van der Waals surface area (Å²) < 4.78 is 11.8. The predicted octanol–water partition coefficient (Wildman–Crippen LogP) is 3.13. The largest absolute Gasteiger partial charge is 0.376 e. The van der Waals surface area contributed by atoms with Gasteiger partial charge in [-0.3, -0.25) is 9.89 Å². The van der Waals surface area contributed by atoms with Crippen LogP contribution in [0.1, 0.15) is 44.6 Å². The highest BCUT2D eigenvalue weighted by Gasteiger charge is 2.24. The van der Waals surface area contributed by atoms with Crippen LogP contribution in [0.15, 0.2) is 35.3 Å². The summed E-state index contributed by atoms with van der Waals surface area (Å²) in [4.78, 5) is 9.29. The average molecular weight is 417 g/mol. The van der Waals surface area contributed by atoms with E-state index in [1.165, 1.54) is 12.0 Å². The fourth-order valence-corrected chi connectivity index (χ4v) is 4.23. The van der Waals surface area contributed by atoms with Crippen LogP contribution in [-0.4, -0.2) is 81.0 Å². The third-order valence-electron chi connectivity index (χ3n) is 6.37. The first-order chi connectivity index (χ1) is 14.7. The molecule has 0 saturated carbocycles. The number of hydrogen-bond acceptors (Lipinski definition) is 4. The Hall–Kier alpha value is -1.63. The van der Waals surface area contributed by atoms with Crippen LogP contribution in [0.2, 0.25) is 0 Å². The van der Waals surface area contributed by atoms with E-state index in [1.807, 2.05) is 7.05 Å². The first-order valence-electron chi connectivity index (χ1n) is 11.6. The number of guanidine groups is 1. The molecule has 2 heterocycles. The summed E-state index contributed by atoms with van der Waals surface area (Å²) >= 11 is 0. The number of rotatable bonds is 9.